The topological polar surface area (TPSA) is 87.0 Å². The van der Waals surface area contributed by atoms with Gasteiger partial charge in [-0.15, -0.1) is 0 Å². The van der Waals surface area contributed by atoms with E-state index in [2.05, 4.69) is 9.97 Å². The summed E-state index contributed by atoms with van der Waals surface area (Å²) in [6.07, 6.45) is 1.38. The number of nitrogen functional groups attached to an aromatic ring is 2. The second-order valence-corrected chi connectivity index (χ2v) is 4.60. The number of hydrogen-bond acceptors (Lipinski definition) is 5. The lowest BCUT2D eigenvalue weighted by molar-refractivity contribution is 0.464. The van der Waals surface area contributed by atoms with Crippen molar-refractivity contribution in [3.63, 3.8) is 0 Å². The first-order valence-electron chi connectivity index (χ1n) is 4.57. The van der Waals surface area contributed by atoms with Crippen LogP contribution in [0.5, 0.6) is 11.6 Å². The second-order valence-electron chi connectivity index (χ2n) is 3.17. The van der Waals surface area contributed by atoms with Gasteiger partial charge in [0, 0.05) is 6.07 Å². The molecule has 4 N–H and O–H groups in total. The molecular formula is C10H8ClIN4O. The number of rotatable bonds is 2. The van der Waals surface area contributed by atoms with E-state index in [9.17, 15) is 0 Å². The molecule has 0 fully saturated rings. The predicted octanol–water partition coefficient (Wildman–Crippen LogP) is 2.69. The van der Waals surface area contributed by atoms with E-state index in [1.165, 1.54) is 6.33 Å². The van der Waals surface area contributed by atoms with Crippen molar-refractivity contribution in [3.05, 3.63) is 33.2 Å². The number of anilines is 2. The summed E-state index contributed by atoms with van der Waals surface area (Å²) in [4.78, 5) is 7.89. The van der Waals surface area contributed by atoms with Gasteiger partial charge in [0.2, 0.25) is 5.88 Å². The van der Waals surface area contributed by atoms with Gasteiger partial charge in [0.05, 0.1) is 10.7 Å². The fraction of sp³-hybridized carbons (Fsp3) is 0. The maximum absolute atomic E-state index is 5.88. The summed E-state index contributed by atoms with van der Waals surface area (Å²) < 4.78 is 6.14. The van der Waals surface area contributed by atoms with Crippen molar-refractivity contribution in [1.82, 2.24) is 9.97 Å². The average Bonchev–Trinajstić information content (AvgIpc) is 2.30. The van der Waals surface area contributed by atoms with Crippen molar-refractivity contribution in [2.75, 3.05) is 11.5 Å². The number of benzene rings is 1. The normalized spacial score (nSPS) is 10.2. The minimum absolute atomic E-state index is 0.297. The molecule has 0 radical (unpaired) electrons. The van der Waals surface area contributed by atoms with E-state index >= 15 is 0 Å². The van der Waals surface area contributed by atoms with Gasteiger partial charge in [0.1, 0.15) is 21.5 Å². The molecular weight excluding hydrogens is 354 g/mol. The molecule has 0 aliphatic rings. The van der Waals surface area contributed by atoms with Crippen LogP contribution in [0.1, 0.15) is 0 Å². The smallest absolute Gasteiger partial charge is 0.246 e. The molecule has 1 heterocycles. The summed E-state index contributed by atoms with van der Waals surface area (Å²) in [6.45, 7) is 0. The Labute approximate surface area is 116 Å². The molecule has 0 saturated carbocycles. The molecule has 1 aromatic heterocycles. The zero-order valence-corrected chi connectivity index (χ0v) is 11.4. The monoisotopic (exact) mass is 362 g/mol. The number of hydrogen-bond donors (Lipinski definition) is 2. The van der Waals surface area contributed by atoms with Gasteiger partial charge >= 0.3 is 0 Å². The van der Waals surface area contributed by atoms with Crippen LogP contribution in [0.3, 0.4) is 0 Å². The lowest BCUT2D eigenvalue weighted by atomic mass is 10.3. The molecule has 88 valence electrons. The Morgan fingerprint density at radius 1 is 1.24 bits per heavy atom. The van der Waals surface area contributed by atoms with Crippen LogP contribution in [0.25, 0.3) is 0 Å². The van der Waals surface area contributed by atoms with E-state index in [1.54, 1.807) is 18.2 Å². The van der Waals surface area contributed by atoms with Crippen molar-refractivity contribution >= 4 is 45.6 Å². The minimum atomic E-state index is 0.297. The first kappa shape index (κ1) is 12.2. The molecule has 0 saturated heterocycles. The van der Waals surface area contributed by atoms with Gasteiger partial charge in [-0.1, -0.05) is 11.6 Å². The maximum atomic E-state index is 5.88. The molecule has 7 heteroatoms. The molecule has 0 unspecified atom stereocenters. The molecule has 0 atom stereocenters. The highest BCUT2D eigenvalue weighted by molar-refractivity contribution is 14.1. The number of nitrogens with zero attached hydrogens (tertiary/aromatic N) is 2. The van der Waals surface area contributed by atoms with Crippen LogP contribution < -0.4 is 16.2 Å². The Kier molecular flexibility index (Phi) is 3.53. The van der Waals surface area contributed by atoms with Crippen molar-refractivity contribution in [2.45, 2.75) is 0 Å². The number of nitrogens with two attached hydrogens (primary N) is 2. The van der Waals surface area contributed by atoms with E-state index in [4.69, 9.17) is 27.8 Å². The Morgan fingerprint density at radius 2 is 2.00 bits per heavy atom. The zero-order valence-electron chi connectivity index (χ0n) is 8.52. The van der Waals surface area contributed by atoms with Crippen molar-refractivity contribution in [3.8, 4) is 11.6 Å². The molecule has 0 aliphatic carbocycles. The quantitative estimate of drug-likeness (QED) is 0.487. The third-order valence-corrected chi connectivity index (χ3v) is 3.17. The molecule has 2 aromatic rings. The number of aromatic nitrogens is 2. The predicted molar refractivity (Wildman–Crippen MR) is 75.1 cm³/mol. The molecule has 5 nitrogen and oxygen atoms in total. The highest BCUT2D eigenvalue weighted by atomic mass is 127. The van der Waals surface area contributed by atoms with Crippen LogP contribution in [0.4, 0.5) is 11.4 Å². The van der Waals surface area contributed by atoms with Crippen LogP contribution in [-0.4, -0.2) is 9.97 Å². The largest absolute Gasteiger partial charge is 0.437 e. The Morgan fingerprint density at radius 3 is 2.71 bits per heavy atom. The maximum Gasteiger partial charge on any atom is 0.246 e. The number of ether oxygens (including phenoxy) is 1. The summed E-state index contributed by atoms with van der Waals surface area (Å²) in [5.74, 6) is 0.815. The molecule has 0 aliphatic heterocycles. The summed E-state index contributed by atoms with van der Waals surface area (Å²) >= 11 is 7.88. The lowest BCUT2D eigenvalue weighted by Crippen LogP contribution is -1.99. The fourth-order valence-electron chi connectivity index (χ4n) is 1.12. The van der Waals surface area contributed by atoms with Crippen LogP contribution in [0.15, 0.2) is 24.5 Å². The minimum Gasteiger partial charge on any atom is -0.437 e. The fourth-order valence-corrected chi connectivity index (χ4v) is 1.65. The van der Waals surface area contributed by atoms with Gasteiger partial charge in [0.15, 0.2) is 0 Å². The van der Waals surface area contributed by atoms with E-state index in [0.29, 0.717) is 31.7 Å². The van der Waals surface area contributed by atoms with Gasteiger partial charge in [-0.25, -0.2) is 4.98 Å². The van der Waals surface area contributed by atoms with E-state index in [1.807, 2.05) is 22.6 Å². The highest BCUT2D eigenvalue weighted by Gasteiger charge is 2.08. The summed E-state index contributed by atoms with van der Waals surface area (Å²) in [7, 11) is 0. The molecule has 1 aromatic carbocycles. The molecule has 2 rings (SSSR count). The van der Waals surface area contributed by atoms with E-state index in [-0.39, 0.29) is 0 Å². The Balaban J connectivity index is 2.31. The first-order chi connectivity index (χ1) is 8.08. The van der Waals surface area contributed by atoms with Crippen LogP contribution in [0, 0.1) is 3.70 Å². The third kappa shape index (κ3) is 2.70. The van der Waals surface area contributed by atoms with Crippen molar-refractivity contribution in [2.24, 2.45) is 0 Å². The van der Waals surface area contributed by atoms with Gasteiger partial charge in [-0.3, -0.25) is 0 Å². The summed E-state index contributed by atoms with van der Waals surface area (Å²) in [6, 6.07) is 4.95. The molecule has 0 spiro atoms. The van der Waals surface area contributed by atoms with Crippen LogP contribution >= 0.6 is 34.2 Å². The second kappa shape index (κ2) is 4.92. The molecule has 17 heavy (non-hydrogen) atoms. The Bertz CT molecular complexity index is 564. The third-order valence-electron chi connectivity index (χ3n) is 1.99. The van der Waals surface area contributed by atoms with Gasteiger partial charge < -0.3 is 16.2 Å². The number of halogens is 2. The molecule has 0 bridgehead atoms. The SMILES string of the molecule is Nc1ccc(Oc2ncnc(I)c2N)cc1Cl. The summed E-state index contributed by atoms with van der Waals surface area (Å²) in [5, 5.41) is 0.421. The lowest BCUT2D eigenvalue weighted by Gasteiger charge is -2.08. The van der Waals surface area contributed by atoms with Crippen LogP contribution in [0.2, 0.25) is 5.02 Å². The highest BCUT2D eigenvalue weighted by Crippen LogP contribution is 2.30. The average molecular weight is 363 g/mol. The van der Waals surface area contributed by atoms with E-state index < -0.39 is 0 Å². The Hall–Kier alpha value is -1.28. The van der Waals surface area contributed by atoms with Crippen LogP contribution in [-0.2, 0) is 0 Å². The van der Waals surface area contributed by atoms with Gasteiger partial charge in [-0.2, -0.15) is 4.98 Å². The first-order valence-corrected chi connectivity index (χ1v) is 6.02. The van der Waals surface area contributed by atoms with E-state index in [0.717, 1.165) is 0 Å². The zero-order chi connectivity index (χ0) is 12.4. The summed E-state index contributed by atoms with van der Waals surface area (Å²) in [5.41, 5.74) is 12.3. The van der Waals surface area contributed by atoms with Gasteiger partial charge in [-0.05, 0) is 34.7 Å². The van der Waals surface area contributed by atoms with Crippen molar-refractivity contribution < 1.29 is 4.74 Å². The van der Waals surface area contributed by atoms with Crippen molar-refractivity contribution in [1.29, 1.82) is 0 Å². The van der Waals surface area contributed by atoms with Gasteiger partial charge in [0.25, 0.3) is 0 Å². The standard InChI is InChI=1S/C10H8ClIN4O/c11-6-3-5(1-2-7(6)13)17-10-8(14)9(12)15-4-16-10/h1-4H,13-14H2. The molecule has 0 amide bonds.